The lowest BCUT2D eigenvalue weighted by Gasteiger charge is -2.31. The van der Waals surface area contributed by atoms with Crippen LogP contribution in [0.25, 0.3) is 0 Å². The normalized spacial score (nSPS) is 22.9. The van der Waals surface area contributed by atoms with Gasteiger partial charge < -0.3 is 9.84 Å². The Kier molecular flexibility index (Phi) is 7.82. The third-order valence-corrected chi connectivity index (χ3v) is 5.14. The lowest BCUT2D eigenvalue weighted by molar-refractivity contribution is -0.147. The number of thioether (sulfide) groups is 1. The van der Waals surface area contributed by atoms with E-state index in [0.717, 1.165) is 5.75 Å². The molecular weight excluding hydrogens is 316 g/mol. The van der Waals surface area contributed by atoms with E-state index in [1.54, 1.807) is 11.8 Å². The maximum Gasteiger partial charge on any atom is 0.316 e. The molecule has 130 valence electrons. The first kappa shape index (κ1) is 19.7. The van der Waals surface area contributed by atoms with Crippen molar-refractivity contribution >= 4 is 29.3 Å². The molecule has 3 unspecified atom stereocenters. The van der Waals surface area contributed by atoms with Crippen molar-refractivity contribution in [2.24, 2.45) is 11.8 Å². The predicted molar refractivity (Wildman–Crippen MR) is 90.4 cm³/mol. The van der Waals surface area contributed by atoms with Gasteiger partial charge in [-0.3, -0.25) is 14.4 Å². The average molecular weight is 342 g/mol. The second-order valence-corrected chi connectivity index (χ2v) is 7.54. The minimum atomic E-state index is -0.923. The second-order valence-electron chi connectivity index (χ2n) is 5.82. The zero-order chi connectivity index (χ0) is 17.6. The van der Waals surface area contributed by atoms with Crippen molar-refractivity contribution in [1.29, 1.82) is 0 Å². The van der Waals surface area contributed by atoms with Crippen LogP contribution < -0.4 is 0 Å². The number of aliphatic hydroxyl groups is 1. The van der Waals surface area contributed by atoms with E-state index in [1.807, 2.05) is 20.8 Å². The van der Waals surface area contributed by atoms with Gasteiger partial charge in [0.05, 0.1) is 12.7 Å². The summed E-state index contributed by atoms with van der Waals surface area (Å²) in [4.78, 5) is 36.6. The summed E-state index contributed by atoms with van der Waals surface area (Å²) in [7, 11) is 1.25. The van der Waals surface area contributed by atoms with E-state index in [1.165, 1.54) is 7.11 Å². The van der Waals surface area contributed by atoms with Gasteiger partial charge in [-0.2, -0.15) is 11.8 Å². The maximum atomic E-state index is 12.3. The van der Waals surface area contributed by atoms with Crippen LogP contribution in [0.5, 0.6) is 0 Å². The van der Waals surface area contributed by atoms with Crippen LogP contribution in [0, 0.1) is 11.8 Å². The van der Waals surface area contributed by atoms with Crippen LogP contribution in [0.3, 0.4) is 0 Å². The number of carbonyl (C=O) groups is 3. The molecular formula is C17H26O5S. The Bertz CT molecular complexity index is 497. The van der Waals surface area contributed by atoms with E-state index in [2.05, 4.69) is 0 Å². The van der Waals surface area contributed by atoms with Crippen molar-refractivity contribution < 1.29 is 24.2 Å². The number of esters is 1. The first-order chi connectivity index (χ1) is 10.9. The fourth-order valence-electron chi connectivity index (χ4n) is 3.06. The van der Waals surface area contributed by atoms with E-state index in [4.69, 9.17) is 4.74 Å². The molecule has 0 aromatic rings. The zero-order valence-corrected chi connectivity index (χ0v) is 15.1. The molecule has 5 nitrogen and oxygen atoms in total. The van der Waals surface area contributed by atoms with Crippen LogP contribution in [-0.2, 0) is 19.1 Å². The summed E-state index contributed by atoms with van der Waals surface area (Å²) in [6.45, 7) is 5.91. The Hall–Kier alpha value is -1.30. The smallest absolute Gasteiger partial charge is 0.316 e. The van der Waals surface area contributed by atoms with Crippen molar-refractivity contribution in [1.82, 2.24) is 0 Å². The van der Waals surface area contributed by atoms with Crippen molar-refractivity contribution in [2.45, 2.75) is 51.7 Å². The number of rotatable bonds is 8. The lowest BCUT2D eigenvalue weighted by Crippen LogP contribution is -2.37. The molecule has 0 bridgehead atoms. The number of aliphatic hydroxyl groups excluding tert-OH is 1. The SMILES string of the molecule is CCCC(=O)C1=C(O)C(C(=O)OC)C(CC(C)SCC)CC1=O. The summed E-state index contributed by atoms with van der Waals surface area (Å²) in [6.07, 6.45) is 1.48. The quantitative estimate of drug-likeness (QED) is 0.539. The van der Waals surface area contributed by atoms with Gasteiger partial charge in [0.25, 0.3) is 0 Å². The Morgan fingerprint density at radius 3 is 2.57 bits per heavy atom. The monoisotopic (exact) mass is 342 g/mol. The molecule has 1 aliphatic carbocycles. The zero-order valence-electron chi connectivity index (χ0n) is 14.3. The Morgan fingerprint density at radius 2 is 2.04 bits per heavy atom. The minimum Gasteiger partial charge on any atom is -0.510 e. The third-order valence-electron chi connectivity index (χ3n) is 4.05. The number of Topliss-reactive ketones (excluding diaryl/α,β-unsaturated/α-hetero) is 2. The largest absolute Gasteiger partial charge is 0.510 e. The van der Waals surface area contributed by atoms with Crippen LogP contribution in [0.1, 0.15) is 46.5 Å². The molecule has 3 atom stereocenters. The summed E-state index contributed by atoms with van der Waals surface area (Å²) in [5, 5.41) is 10.7. The molecule has 0 saturated heterocycles. The van der Waals surface area contributed by atoms with E-state index < -0.39 is 23.4 Å². The maximum absolute atomic E-state index is 12.3. The van der Waals surface area contributed by atoms with Crippen molar-refractivity contribution in [3.05, 3.63) is 11.3 Å². The highest BCUT2D eigenvalue weighted by molar-refractivity contribution is 7.99. The van der Waals surface area contributed by atoms with E-state index >= 15 is 0 Å². The number of allylic oxidation sites excluding steroid dienone is 1. The van der Waals surface area contributed by atoms with Gasteiger partial charge in [0, 0.05) is 18.1 Å². The van der Waals surface area contributed by atoms with Gasteiger partial charge in [-0.25, -0.2) is 0 Å². The summed E-state index contributed by atoms with van der Waals surface area (Å²) < 4.78 is 4.79. The van der Waals surface area contributed by atoms with Crippen LogP contribution in [0.2, 0.25) is 0 Å². The highest BCUT2D eigenvalue weighted by Gasteiger charge is 2.43. The van der Waals surface area contributed by atoms with Gasteiger partial charge in [-0.1, -0.05) is 20.8 Å². The average Bonchev–Trinajstić information content (AvgIpc) is 2.46. The number of hydrogen-bond donors (Lipinski definition) is 1. The van der Waals surface area contributed by atoms with Crippen LogP contribution >= 0.6 is 11.8 Å². The summed E-state index contributed by atoms with van der Waals surface area (Å²) in [6, 6.07) is 0. The highest BCUT2D eigenvalue weighted by atomic mass is 32.2. The van der Waals surface area contributed by atoms with Crippen LogP contribution in [0.15, 0.2) is 11.3 Å². The van der Waals surface area contributed by atoms with E-state index in [-0.39, 0.29) is 35.4 Å². The van der Waals surface area contributed by atoms with Gasteiger partial charge in [-0.05, 0) is 24.5 Å². The van der Waals surface area contributed by atoms with Crippen molar-refractivity contribution in [3.63, 3.8) is 0 Å². The number of ketones is 2. The highest BCUT2D eigenvalue weighted by Crippen LogP contribution is 2.37. The van der Waals surface area contributed by atoms with Gasteiger partial charge in [-0.15, -0.1) is 0 Å². The van der Waals surface area contributed by atoms with E-state index in [0.29, 0.717) is 12.8 Å². The summed E-state index contributed by atoms with van der Waals surface area (Å²) in [5.74, 6) is -2.05. The molecule has 1 N–H and O–H groups in total. The Balaban J connectivity index is 3.15. The molecule has 0 fully saturated rings. The molecule has 23 heavy (non-hydrogen) atoms. The minimum absolute atomic E-state index is 0.100. The summed E-state index contributed by atoms with van der Waals surface area (Å²) >= 11 is 1.74. The molecule has 1 aliphatic rings. The molecule has 0 aromatic carbocycles. The number of methoxy groups -OCH3 is 1. The number of ether oxygens (including phenoxy) is 1. The standard InChI is InChI=1S/C17H26O5S/c1-5-7-12(18)15-13(19)9-11(8-10(3)23-6-2)14(16(15)20)17(21)22-4/h10-11,14,20H,5-9H2,1-4H3. The fraction of sp³-hybridized carbons (Fsp3) is 0.706. The molecule has 0 aliphatic heterocycles. The van der Waals surface area contributed by atoms with Gasteiger partial charge in [0.2, 0.25) is 0 Å². The van der Waals surface area contributed by atoms with Gasteiger partial charge in [0.1, 0.15) is 11.7 Å². The summed E-state index contributed by atoms with van der Waals surface area (Å²) in [5.41, 5.74) is -0.200. The molecule has 0 amide bonds. The molecule has 0 saturated carbocycles. The van der Waals surface area contributed by atoms with Gasteiger partial charge in [0.15, 0.2) is 11.6 Å². The molecule has 0 spiro atoms. The topological polar surface area (TPSA) is 80.7 Å². The third kappa shape index (κ3) is 4.83. The number of hydrogen-bond acceptors (Lipinski definition) is 6. The van der Waals surface area contributed by atoms with E-state index in [9.17, 15) is 19.5 Å². The fourth-order valence-corrected chi connectivity index (χ4v) is 4.01. The Labute approximate surface area is 141 Å². The van der Waals surface area contributed by atoms with Gasteiger partial charge >= 0.3 is 5.97 Å². The molecule has 0 radical (unpaired) electrons. The lowest BCUT2D eigenvalue weighted by atomic mass is 9.75. The molecule has 1 rings (SSSR count). The Morgan fingerprint density at radius 1 is 1.39 bits per heavy atom. The number of carbonyl (C=O) groups excluding carboxylic acids is 3. The predicted octanol–water partition coefficient (Wildman–Crippen LogP) is 3.08. The van der Waals surface area contributed by atoms with Crippen LogP contribution in [0.4, 0.5) is 0 Å². The molecule has 0 heterocycles. The van der Waals surface area contributed by atoms with Crippen molar-refractivity contribution in [2.75, 3.05) is 12.9 Å². The van der Waals surface area contributed by atoms with Crippen molar-refractivity contribution in [3.8, 4) is 0 Å². The molecule has 6 heteroatoms. The first-order valence-corrected chi connectivity index (χ1v) is 9.11. The van der Waals surface area contributed by atoms with Crippen LogP contribution in [-0.4, -0.2) is 40.8 Å². The first-order valence-electron chi connectivity index (χ1n) is 8.06. The second kappa shape index (κ2) is 9.11. The molecule has 0 aromatic heterocycles.